The first kappa shape index (κ1) is 20.2. The number of ether oxygens (including phenoxy) is 2. The Morgan fingerprint density at radius 1 is 1.10 bits per heavy atom. The highest BCUT2D eigenvalue weighted by molar-refractivity contribution is 9.09. The van der Waals surface area contributed by atoms with Gasteiger partial charge in [-0.1, -0.05) is 36.7 Å². The molecule has 0 aliphatic heterocycles. The van der Waals surface area contributed by atoms with Crippen molar-refractivity contribution in [1.29, 1.82) is 0 Å². The van der Waals surface area contributed by atoms with E-state index in [-0.39, 0.29) is 18.4 Å². The molecule has 2 unspecified atom stereocenters. The van der Waals surface area contributed by atoms with Crippen molar-refractivity contribution in [2.24, 2.45) is 5.92 Å². The summed E-state index contributed by atoms with van der Waals surface area (Å²) in [5, 5.41) is -0.544. The summed E-state index contributed by atoms with van der Waals surface area (Å²) in [6, 6.07) is 0. The highest BCUT2D eigenvalue weighted by atomic mass is 79.9. The summed E-state index contributed by atoms with van der Waals surface area (Å²) in [7, 11) is 0. The lowest BCUT2D eigenvalue weighted by Crippen LogP contribution is -2.35. The summed E-state index contributed by atoms with van der Waals surface area (Å²) in [5.41, 5.74) is 0. The summed E-state index contributed by atoms with van der Waals surface area (Å²) in [5.74, 6) is -1.56. The molecular weight excluding hydrogens is 357 g/mol. The van der Waals surface area contributed by atoms with Crippen LogP contribution in [0.25, 0.3) is 0 Å². The van der Waals surface area contributed by atoms with Gasteiger partial charge in [-0.2, -0.15) is 13.2 Å². The second-order valence-corrected chi connectivity index (χ2v) is 5.50. The van der Waals surface area contributed by atoms with E-state index < -0.39 is 36.0 Å². The third-order valence-electron chi connectivity index (χ3n) is 2.74. The monoisotopic (exact) mass is 376 g/mol. The predicted molar refractivity (Wildman–Crippen MR) is 74.0 cm³/mol. The molecule has 4 nitrogen and oxygen atoms in total. The predicted octanol–water partition coefficient (Wildman–Crippen LogP) is 3.61. The lowest BCUT2D eigenvalue weighted by Gasteiger charge is -2.20. The first-order valence-electron chi connectivity index (χ1n) is 6.63. The molecule has 0 rings (SSSR count). The Kier molecular flexibility index (Phi) is 8.92. The fourth-order valence-electron chi connectivity index (χ4n) is 1.53. The molecular formula is C13H20BrF3O4. The summed E-state index contributed by atoms with van der Waals surface area (Å²) >= 11 is 2.63. The second-order valence-electron chi connectivity index (χ2n) is 4.85. The molecule has 0 aromatic carbocycles. The summed E-state index contributed by atoms with van der Waals surface area (Å²) in [6.07, 6.45) is -7.21. The van der Waals surface area contributed by atoms with E-state index in [1.165, 1.54) is 0 Å². The number of halogens is 4. The minimum absolute atomic E-state index is 0.133. The Morgan fingerprint density at radius 2 is 1.57 bits per heavy atom. The number of hydrogen-bond acceptors (Lipinski definition) is 4. The number of hydrogen-bond donors (Lipinski definition) is 0. The number of carbonyl (C=O) groups is 2. The fourth-order valence-corrected chi connectivity index (χ4v) is 2.03. The van der Waals surface area contributed by atoms with Gasteiger partial charge in [0.25, 0.3) is 0 Å². The highest BCUT2D eigenvalue weighted by Gasteiger charge is 2.42. The Hall–Kier alpha value is -0.790. The van der Waals surface area contributed by atoms with Gasteiger partial charge in [0.15, 0.2) is 0 Å². The van der Waals surface area contributed by atoms with Gasteiger partial charge in [-0.05, 0) is 12.3 Å². The fraction of sp³-hybridized carbons (Fsp3) is 0.846. The Labute approximate surface area is 130 Å². The SMILES string of the molecule is CCC(OC(=O)CCC(=O)OC(CBr)C(F)(F)F)C(C)C. The van der Waals surface area contributed by atoms with Crippen LogP contribution in [0.4, 0.5) is 13.2 Å². The minimum Gasteiger partial charge on any atom is -0.462 e. The molecule has 0 radical (unpaired) electrons. The Bertz CT molecular complexity index is 345. The van der Waals surface area contributed by atoms with Crippen LogP contribution in [0.1, 0.15) is 40.0 Å². The molecule has 0 aliphatic carbocycles. The van der Waals surface area contributed by atoms with E-state index in [2.05, 4.69) is 20.7 Å². The molecule has 0 aromatic heterocycles. The van der Waals surface area contributed by atoms with Crippen LogP contribution in [-0.4, -0.2) is 35.7 Å². The molecule has 0 heterocycles. The van der Waals surface area contributed by atoms with Gasteiger partial charge in [0, 0.05) is 5.33 Å². The topological polar surface area (TPSA) is 52.6 Å². The van der Waals surface area contributed by atoms with E-state index in [1.807, 2.05) is 20.8 Å². The maximum atomic E-state index is 12.4. The van der Waals surface area contributed by atoms with Crippen LogP contribution in [0.15, 0.2) is 0 Å². The minimum atomic E-state index is -4.63. The van der Waals surface area contributed by atoms with Crippen LogP contribution >= 0.6 is 15.9 Å². The van der Waals surface area contributed by atoms with Gasteiger partial charge in [0.05, 0.1) is 12.8 Å². The number of alkyl halides is 4. The lowest BCUT2D eigenvalue weighted by molar-refractivity contribution is -0.214. The average molecular weight is 377 g/mol. The van der Waals surface area contributed by atoms with Crippen molar-refractivity contribution < 1.29 is 32.2 Å². The van der Waals surface area contributed by atoms with Crippen LogP contribution in [0.3, 0.4) is 0 Å². The molecule has 0 saturated carbocycles. The molecule has 0 fully saturated rings. The summed E-state index contributed by atoms with van der Waals surface area (Å²) < 4.78 is 46.6. The molecule has 0 saturated heterocycles. The largest absolute Gasteiger partial charge is 0.462 e. The van der Waals surface area contributed by atoms with Crippen LogP contribution in [0, 0.1) is 5.92 Å². The van der Waals surface area contributed by atoms with E-state index in [0.717, 1.165) is 0 Å². The lowest BCUT2D eigenvalue weighted by atomic mass is 10.1. The van der Waals surface area contributed by atoms with Crippen LogP contribution in [-0.2, 0) is 19.1 Å². The third kappa shape index (κ3) is 8.28. The molecule has 0 N–H and O–H groups in total. The molecule has 2 atom stereocenters. The Balaban J connectivity index is 4.22. The molecule has 0 aliphatic rings. The van der Waals surface area contributed by atoms with Crippen molar-refractivity contribution in [2.75, 3.05) is 5.33 Å². The van der Waals surface area contributed by atoms with E-state index in [9.17, 15) is 22.8 Å². The normalized spacial score (nSPS) is 14.7. The zero-order chi connectivity index (χ0) is 16.6. The third-order valence-corrected chi connectivity index (χ3v) is 3.33. The first-order valence-corrected chi connectivity index (χ1v) is 7.75. The quantitative estimate of drug-likeness (QED) is 0.479. The number of esters is 2. The van der Waals surface area contributed by atoms with Gasteiger partial charge in [0.2, 0.25) is 6.10 Å². The van der Waals surface area contributed by atoms with Crippen molar-refractivity contribution in [1.82, 2.24) is 0 Å². The zero-order valence-corrected chi connectivity index (χ0v) is 13.8. The van der Waals surface area contributed by atoms with Gasteiger partial charge < -0.3 is 9.47 Å². The van der Waals surface area contributed by atoms with Crippen molar-refractivity contribution in [3.8, 4) is 0 Å². The van der Waals surface area contributed by atoms with Crippen molar-refractivity contribution in [3.05, 3.63) is 0 Å². The molecule has 8 heteroatoms. The number of rotatable bonds is 8. The summed E-state index contributed by atoms with van der Waals surface area (Å²) in [6.45, 7) is 5.63. The van der Waals surface area contributed by atoms with Crippen LogP contribution in [0.5, 0.6) is 0 Å². The molecule has 0 amide bonds. The summed E-state index contributed by atoms with van der Waals surface area (Å²) in [4.78, 5) is 22.8. The van der Waals surface area contributed by atoms with Gasteiger partial charge >= 0.3 is 18.1 Å². The van der Waals surface area contributed by atoms with E-state index in [0.29, 0.717) is 6.42 Å². The van der Waals surface area contributed by atoms with Crippen molar-refractivity contribution in [3.63, 3.8) is 0 Å². The number of carbonyl (C=O) groups excluding carboxylic acids is 2. The van der Waals surface area contributed by atoms with E-state index in [4.69, 9.17) is 4.74 Å². The first-order chi connectivity index (χ1) is 9.61. The standard InChI is InChI=1S/C13H20BrF3O4/c1-4-9(8(2)3)20-11(18)5-6-12(19)21-10(7-14)13(15,16)17/h8-10H,4-7H2,1-3H3. The molecule has 124 valence electrons. The average Bonchev–Trinajstić information content (AvgIpc) is 2.37. The Morgan fingerprint density at radius 3 is 1.90 bits per heavy atom. The van der Waals surface area contributed by atoms with Gasteiger partial charge in [-0.25, -0.2) is 0 Å². The van der Waals surface area contributed by atoms with E-state index >= 15 is 0 Å². The smallest absolute Gasteiger partial charge is 0.426 e. The highest BCUT2D eigenvalue weighted by Crippen LogP contribution is 2.24. The molecule has 21 heavy (non-hydrogen) atoms. The molecule has 0 spiro atoms. The molecule has 0 bridgehead atoms. The van der Waals surface area contributed by atoms with Crippen molar-refractivity contribution in [2.45, 2.75) is 58.4 Å². The second kappa shape index (κ2) is 9.27. The van der Waals surface area contributed by atoms with E-state index in [1.54, 1.807) is 0 Å². The van der Waals surface area contributed by atoms with Crippen LogP contribution in [0.2, 0.25) is 0 Å². The maximum Gasteiger partial charge on any atom is 0.426 e. The van der Waals surface area contributed by atoms with Gasteiger partial charge in [-0.15, -0.1) is 0 Å². The van der Waals surface area contributed by atoms with Crippen molar-refractivity contribution >= 4 is 27.9 Å². The molecule has 0 aromatic rings. The van der Waals surface area contributed by atoms with Gasteiger partial charge in [0.1, 0.15) is 6.10 Å². The zero-order valence-electron chi connectivity index (χ0n) is 12.2. The van der Waals surface area contributed by atoms with Gasteiger partial charge in [-0.3, -0.25) is 9.59 Å². The maximum absolute atomic E-state index is 12.4. The van der Waals surface area contributed by atoms with Crippen LogP contribution < -0.4 is 0 Å².